The van der Waals surface area contributed by atoms with Gasteiger partial charge in [0.2, 0.25) is 0 Å². The molecule has 0 saturated heterocycles. The molecule has 0 aliphatic carbocycles. The molecule has 3 rings (SSSR count). The van der Waals surface area contributed by atoms with E-state index >= 15 is 0 Å². The van der Waals surface area contributed by atoms with Crippen LogP contribution in [0.3, 0.4) is 0 Å². The van der Waals surface area contributed by atoms with Crippen LogP contribution in [0.15, 0.2) is 74.1 Å². The number of hydrogen-bond donors (Lipinski definition) is 0. The van der Waals surface area contributed by atoms with Crippen LogP contribution in [0.2, 0.25) is 5.02 Å². The molecule has 0 aliphatic heterocycles. The van der Waals surface area contributed by atoms with Gasteiger partial charge in [-0.05, 0) is 66.8 Å². The van der Waals surface area contributed by atoms with Crippen LogP contribution in [0.1, 0.15) is 27.8 Å². The first-order chi connectivity index (χ1) is 12.8. The molecule has 0 bridgehead atoms. The first kappa shape index (κ1) is 20.6. The first-order valence-electron chi connectivity index (χ1n) is 8.57. The molecule has 0 saturated carbocycles. The van der Waals surface area contributed by atoms with Crippen LogP contribution >= 0.6 is 11.6 Å². The number of rotatable bonds is 3. The Morgan fingerprint density at radius 1 is 0.889 bits per heavy atom. The molecular formula is C24H23ClFN. The highest BCUT2D eigenvalue weighted by molar-refractivity contribution is 6.33. The average molecular weight is 380 g/mol. The third kappa shape index (κ3) is 5.63. The molecule has 0 spiro atoms. The monoisotopic (exact) mass is 379 g/mol. The van der Waals surface area contributed by atoms with E-state index in [9.17, 15) is 4.39 Å². The Labute approximate surface area is 165 Å². The summed E-state index contributed by atoms with van der Waals surface area (Å²) in [4.78, 5) is 3.51. The summed E-state index contributed by atoms with van der Waals surface area (Å²) in [6, 6.07) is 15.3. The van der Waals surface area contributed by atoms with Gasteiger partial charge in [-0.1, -0.05) is 60.7 Å². The zero-order valence-electron chi connectivity index (χ0n) is 15.9. The molecule has 0 unspecified atom stereocenters. The summed E-state index contributed by atoms with van der Waals surface area (Å²) >= 11 is 6.32. The summed E-state index contributed by atoms with van der Waals surface area (Å²) in [6.45, 7) is 14.6. The summed E-state index contributed by atoms with van der Waals surface area (Å²) in [5, 5.41) is 0.723. The third-order valence-corrected chi connectivity index (χ3v) is 4.46. The second-order valence-corrected chi connectivity index (χ2v) is 6.84. The first-order valence-corrected chi connectivity index (χ1v) is 8.95. The average Bonchev–Trinajstić information content (AvgIpc) is 2.62. The minimum absolute atomic E-state index is 0.289. The van der Waals surface area contributed by atoms with Crippen molar-refractivity contribution in [1.82, 2.24) is 4.98 Å². The van der Waals surface area contributed by atoms with Gasteiger partial charge in [0, 0.05) is 16.8 Å². The van der Waals surface area contributed by atoms with Crippen LogP contribution in [-0.2, 0) is 0 Å². The number of pyridine rings is 1. The molecule has 1 aromatic heterocycles. The van der Waals surface area contributed by atoms with Gasteiger partial charge in [-0.15, -0.1) is 0 Å². The van der Waals surface area contributed by atoms with Crippen LogP contribution in [0.25, 0.3) is 11.1 Å². The molecule has 3 aromatic rings. The highest BCUT2D eigenvalue weighted by atomic mass is 35.5. The lowest BCUT2D eigenvalue weighted by molar-refractivity contribution is 0.621. The summed E-state index contributed by atoms with van der Waals surface area (Å²) < 4.78 is 11.8. The number of benzene rings is 2. The zero-order chi connectivity index (χ0) is 20.0. The van der Waals surface area contributed by atoms with Crippen LogP contribution in [0.4, 0.5) is 4.39 Å². The Hall–Kier alpha value is -2.71. The van der Waals surface area contributed by atoms with Gasteiger partial charge in [0.05, 0.1) is 6.20 Å². The lowest BCUT2D eigenvalue weighted by atomic mass is 9.91. The molecule has 0 fully saturated rings. The standard InChI is InChI=1S/C19H19Cl.C5H4FN/c1-12-6-8-17(14(3)10-12)15(4)16(5)18-9-7-13(2)11-19(18)20;6-5-2-1-3-7-4-5/h6-11H,4-5H2,1-3H3;1-4H. The molecule has 0 N–H and O–H groups in total. The van der Waals surface area contributed by atoms with Gasteiger partial charge >= 0.3 is 0 Å². The molecule has 0 radical (unpaired) electrons. The molecule has 2 aromatic carbocycles. The van der Waals surface area contributed by atoms with Gasteiger partial charge in [0.1, 0.15) is 5.82 Å². The van der Waals surface area contributed by atoms with E-state index in [1.54, 1.807) is 6.07 Å². The van der Waals surface area contributed by atoms with Crippen molar-refractivity contribution >= 4 is 22.7 Å². The number of allylic oxidation sites excluding steroid dienone is 2. The van der Waals surface area contributed by atoms with Crippen molar-refractivity contribution < 1.29 is 4.39 Å². The van der Waals surface area contributed by atoms with E-state index in [2.05, 4.69) is 50.2 Å². The summed E-state index contributed by atoms with van der Waals surface area (Å²) in [5.74, 6) is -0.289. The van der Waals surface area contributed by atoms with E-state index in [0.29, 0.717) is 0 Å². The molecular weight excluding hydrogens is 357 g/mol. The molecule has 27 heavy (non-hydrogen) atoms. The van der Waals surface area contributed by atoms with Gasteiger partial charge in [-0.25, -0.2) is 4.39 Å². The van der Waals surface area contributed by atoms with Crippen molar-refractivity contribution in [2.24, 2.45) is 0 Å². The number of aryl methyl sites for hydroxylation is 3. The van der Waals surface area contributed by atoms with Crippen LogP contribution in [0.5, 0.6) is 0 Å². The Morgan fingerprint density at radius 3 is 1.96 bits per heavy atom. The van der Waals surface area contributed by atoms with E-state index in [-0.39, 0.29) is 5.82 Å². The van der Waals surface area contributed by atoms with Crippen molar-refractivity contribution in [1.29, 1.82) is 0 Å². The minimum atomic E-state index is -0.289. The summed E-state index contributed by atoms with van der Waals surface area (Å²) in [5.41, 5.74) is 7.47. The SMILES string of the molecule is C=C(C(=C)c1ccc(C)cc1Cl)c1ccc(C)cc1C.Fc1cccnc1. The lowest BCUT2D eigenvalue weighted by Crippen LogP contribution is -1.93. The molecule has 0 atom stereocenters. The molecule has 138 valence electrons. The quantitative estimate of drug-likeness (QED) is 0.438. The third-order valence-electron chi connectivity index (χ3n) is 4.15. The Kier molecular flexibility index (Phi) is 7.09. The highest BCUT2D eigenvalue weighted by Gasteiger charge is 2.11. The second kappa shape index (κ2) is 9.29. The number of aromatic nitrogens is 1. The number of halogens is 2. The topological polar surface area (TPSA) is 12.9 Å². The van der Waals surface area contributed by atoms with E-state index < -0.39 is 0 Å². The molecule has 1 nitrogen and oxygen atoms in total. The van der Waals surface area contributed by atoms with Gasteiger partial charge in [0.15, 0.2) is 0 Å². The zero-order valence-corrected chi connectivity index (χ0v) is 16.6. The van der Waals surface area contributed by atoms with Crippen LogP contribution in [-0.4, -0.2) is 4.98 Å². The van der Waals surface area contributed by atoms with Crippen molar-refractivity contribution in [2.45, 2.75) is 20.8 Å². The van der Waals surface area contributed by atoms with E-state index in [1.807, 2.05) is 25.1 Å². The minimum Gasteiger partial charge on any atom is -0.262 e. The fourth-order valence-corrected chi connectivity index (χ4v) is 3.03. The fraction of sp³-hybridized carbons (Fsp3) is 0.125. The van der Waals surface area contributed by atoms with Crippen molar-refractivity contribution in [3.8, 4) is 0 Å². The summed E-state index contributed by atoms with van der Waals surface area (Å²) in [7, 11) is 0. The fourth-order valence-electron chi connectivity index (χ4n) is 2.68. The van der Waals surface area contributed by atoms with E-state index in [1.165, 1.54) is 29.6 Å². The summed E-state index contributed by atoms with van der Waals surface area (Å²) in [6.07, 6.45) is 2.70. The number of nitrogens with zero attached hydrogens (tertiary/aromatic N) is 1. The Bertz CT molecular complexity index is 900. The predicted molar refractivity (Wildman–Crippen MR) is 114 cm³/mol. The van der Waals surface area contributed by atoms with E-state index in [4.69, 9.17) is 11.6 Å². The maximum Gasteiger partial charge on any atom is 0.141 e. The Balaban J connectivity index is 0.000000313. The van der Waals surface area contributed by atoms with Crippen molar-refractivity contribution in [3.05, 3.63) is 113 Å². The second-order valence-electron chi connectivity index (χ2n) is 6.43. The predicted octanol–water partition coefficient (Wildman–Crippen LogP) is 7.21. The molecule has 0 amide bonds. The number of hydrogen-bond acceptors (Lipinski definition) is 1. The largest absolute Gasteiger partial charge is 0.262 e. The lowest BCUT2D eigenvalue weighted by Gasteiger charge is -2.14. The normalized spacial score (nSPS) is 9.96. The highest BCUT2D eigenvalue weighted by Crippen LogP contribution is 2.34. The van der Waals surface area contributed by atoms with Crippen LogP contribution < -0.4 is 0 Å². The molecule has 0 aliphatic rings. The van der Waals surface area contributed by atoms with Gasteiger partial charge in [-0.3, -0.25) is 4.98 Å². The molecule has 3 heteroatoms. The maximum absolute atomic E-state index is 11.8. The van der Waals surface area contributed by atoms with Gasteiger partial charge in [-0.2, -0.15) is 0 Å². The maximum atomic E-state index is 11.8. The van der Waals surface area contributed by atoms with Gasteiger partial charge < -0.3 is 0 Å². The molecule has 1 heterocycles. The Morgan fingerprint density at radius 2 is 1.48 bits per heavy atom. The van der Waals surface area contributed by atoms with Crippen molar-refractivity contribution in [2.75, 3.05) is 0 Å². The van der Waals surface area contributed by atoms with Crippen LogP contribution in [0, 0.1) is 26.6 Å². The smallest absolute Gasteiger partial charge is 0.141 e. The van der Waals surface area contributed by atoms with Gasteiger partial charge in [0.25, 0.3) is 0 Å². The van der Waals surface area contributed by atoms with E-state index in [0.717, 1.165) is 32.9 Å². The van der Waals surface area contributed by atoms with Crippen molar-refractivity contribution in [3.63, 3.8) is 0 Å².